The predicted molar refractivity (Wildman–Crippen MR) is 145 cm³/mol. The van der Waals surface area contributed by atoms with Crippen LogP contribution in [-0.4, -0.2) is 34.2 Å². The molecule has 2 amide bonds. The van der Waals surface area contributed by atoms with Gasteiger partial charge in [-0.25, -0.2) is 0 Å². The second kappa shape index (κ2) is 10.00. The second-order valence-corrected chi connectivity index (χ2v) is 13.5. The zero-order chi connectivity index (χ0) is 26.5. The lowest BCUT2D eigenvalue weighted by molar-refractivity contribution is -0.174. The first-order chi connectivity index (χ1) is 17.5. The summed E-state index contributed by atoms with van der Waals surface area (Å²) < 4.78 is 0. The number of aliphatic hydroxyl groups excluding tert-OH is 2. The highest BCUT2D eigenvalue weighted by molar-refractivity contribution is 5.94. The summed E-state index contributed by atoms with van der Waals surface area (Å²) in [6.07, 6.45) is 9.36. The van der Waals surface area contributed by atoms with Gasteiger partial charge in [0.05, 0.1) is 12.2 Å². The zero-order valence-corrected chi connectivity index (χ0v) is 22.8. The van der Waals surface area contributed by atoms with Crippen LogP contribution < -0.4 is 11.1 Å². The normalized spacial score (nSPS) is 41.7. The number of hydrogen-bond donors (Lipinski definition) is 4. The molecule has 4 aliphatic carbocycles. The molecule has 0 heterocycles. The molecule has 0 aromatic heterocycles. The molecule has 0 radical (unpaired) electrons. The fraction of sp³-hybridized carbons (Fsp3) is 0.742. The third kappa shape index (κ3) is 4.73. The van der Waals surface area contributed by atoms with Gasteiger partial charge in [-0.3, -0.25) is 9.59 Å². The third-order valence-electron chi connectivity index (χ3n) is 11.7. The highest BCUT2D eigenvalue weighted by Gasteiger charge is 2.62. The van der Waals surface area contributed by atoms with Gasteiger partial charge < -0.3 is 21.3 Å². The Morgan fingerprint density at radius 3 is 2.38 bits per heavy atom. The van der Waals surface area contributed by atoms with Crippen LogP contribution in [0.3, 0.4) is 0 Å². The molecule has 4 aliphatic rings. The molecule has 37 heavy (non-hydrogen) atoms. The molecular weight excluding hydrogens is 464 g/mol. The summed E-state index contributed by atoms with van der Waals surface area (Å²) in [6, 6.07) is 6.70. The van der Waals surface area contributed by atoms with E-state index in [-0.39, 0.29) is 28.9 Å². The summed E-state index contributed by atoms with van der Waals surface area (Å²) in [7, 11) is 0. The van der Waals surface area contributed by atoms with E-state index in [9.17, 15) is 19.8 Å². The van der Waals surface area contributed by atoms with Gasteiger partial charge in [0.15, 0.2) is 0 Å². The fourth-order valence-corrected chi connectivity index (χ4v) is 9.68. The first-order valence-electron chi connectivity index (χ1n) is 14.6. The van der Waals surface area contributed by atoms with Gasteiger partial charge in [0.2, 0.25) is 11.8 Å². The maximum Gasteiger partial charge on any atom is 0.248 e. The average Bonchev–Trinajstić information content (AvgIpc) is 3.21. The number of amides is 2. The van der Waals surface area contributed by atoms with Crippen molar-refractivity contribution in [2.75, 3.05) is 5.32 Å². The van der Waals surface area contributed by atoms with Crippen LogP contribution in [0.25, 0.3) is 0 Å². The Morgan fingerprint density at radius 1 is 1.00 bits per heavy atom. The van der Waals surface area contributed by atoms with Crippen LogP contribution in [0.15, 0.2) is 24.3 Å². The molecule has 10 atom stereocenters. The second-order valence-electron chi connectivity index (χ2n) is 13.5. The number of aliphatic hydroxyl groups is 2. The highest BCUT2D eigenvalue weighted by atomic mass is 16.3. The van der Waals surface area contributed by atoms with Crippen molar-refractivity contribution in [2.24, 2.45) is 52.1 Å². The zero-order valence-electron chi connectivity index (χ0n) is 22.8. The largest absolute Gasteiger partial charge is 0.393 e. The first-order valence-corrected chi connectivity index (χ1v) is 14.6. The lowest BCUT2D eigenvalue weighted by atomic mass is 9.43. The Bertz CT molecular complexity index is 1010. The van der Waals surface area contributed by atoms with Gasteiger partial charge >= 0.3 is 0 Å². The Labute approximate surface area is 221 Å². The molecule has 0 saturated heterocycles. The molecule has 0 bridgehead atoms. The van der Waals surface area contributed by atoms with Crippen molar-refractivity contribution in [3.63, 3.8) is 0 Å². The predicted octanol–water partition coefficient (Wildman–Crippen LogP) is 5.13. The molecule has 1 aromatic carbocycles. The van der Waals surface area contributed by atoms with Gasteiger partial charge in [-0.1, -0.05) is 20.8 Å². The Balaban J connectivity index is 1.21. The minimum atomic E-state index is -0.476. The lowest BCUT2D eigenvalue weighted by Crippen LogP contribution is -2.58. The number of anilines is 1. The topological polar surface area (TPSA) is 113 Å². The SMILES string of the molecule is C[C@H](CCC(=O)Nc1ccc(C(N)=O)cc1)[C@@H]1CC[C@@H]2[C@H]3[C@@H](CC[C@@]21C)[C@@]1(C)CC[C@@H](O)C[C@@H]1C[C@@H]3O. The maximum absolute atomic E-state index is 12.7. The molecule has 4 fully saturated rings. The van der Waals surface area contributed by atoms with Crippen molar-refractivity contribution in [1.29, 1.82) is 0 Å². The van der Waals surface area contributed by atoms with Crippen molar-refractivity contribution in [1.82, 2.24) is 0 Å². The van der Waals surface area contributed by atoms with Gasteiger partial charge in [0.1, 0.15) is 0 Å². The molecule has 5 rings (SSSR count). The fourth-order valence-electron chi connectivity index (χ4n) is 9.68. The van der Waals surface area contributed by atoms with Crippen LogP contribution >= 0.6 is 0 Å². The number of rotatable bonds is 6. The van der Waals surface area contributed by atoms with E-state index < -0.39 is 5.91 Å². The Hall–Kier alpha value is -1.92. The van der Waals surface area contributed by atoms with Crippen LogP contribution in [0.4, 0.5) is 5.69 Å². The minimum Gasteiger partial charge on any atom is -0.393 e. The van der Waals surface area contributed by atoms with E-state index in [1.165, 1.54) is 25.7 Å². The van der Waals surface area contributed by atoms with Gasteiger partial charge in [0, 0.05) is 17.7 Å². The molecular formula is C31H46N2O4. The van der Waals surface area contributed by atoms with E-state index in [4.69, 9.17) is 5.73 Å². The summed E-state index contributed by atoms with van der Waals surface area (Å²) in [6.45, 7) is 7.26. The minimum absolute atomic E-state index is 0.00300. The summed E-state index contributed by atoms with van der Waals surface area (Å²) in [5.41, 5.74) is 6.88. The number of carbonyl (C=O) groups excluding carboxylic acids is 2. The van der Waals surface area contributed by atoms with E-state index in [2.05, 4.69) is 26.1 Å². The molecule has 5 N–H and O–H groups in total. The van der Waals surface area contributed by atoms with Crippen molar-refractivity contribution >= 4 is 17.5 Å². The summed E-state index contributed by atoms with van der Waals surface area (Å²) >= 11 is 0. The number of carbonyl (C=O) groups is 2. The van der Waals surface area contributed by atoms with Crippen LogP contribution in [0.1, 0.15) is 95.3 Å². The maximum atomic E-state index is 12.7. The summed E-state index contributed by atoms with van der Waals surface area (Å²) in [5, 5.41) is 24.7. The summed E-state index contributed by atoms with van der Waals surface area (Å²) in [5.74, 6) is 2.48. The Kier molecular flexibility index (Phi) is 7.21. The number of hydrogen-bond acceptors (Lipinski definition) is 4. The molecule has 6 heteroatoms. The van der Waals surface area contributed by atoms with E-state index >= 15 is 0 Å². The van der Waals surface area contributed by atoms with E-state index in [0.717, 1.165) is 32.1 Å². The molecule has 6 nitrogen and oxygen atoms in total. The number of nitrogens with one attached hydrogen (secondary N) is 1. The number of benzene rings is 1. The van der Waals surface area contributed by atoms with Crippen LogP contribution in [0.2, 0.25) is 0 Å². The van der Waals surface area contributed by atoms with E-state index in [0.29, 0.717) is 53.2 Å². The average molecular weight is 511 g/mol. The van der Waals surface area contributed by atoms with Gasteiger partial charge in [-0.15, -0.1) is 0 Å². The van der Waals surface area contributed by atoms with Crippen LogP contribution in [0, 0.1) is 46.3 Å². The first kappa shape index (κ1) is 26.7. The van der Waals surface area contributed by atoms with Crippen molar-refractivity contribution in [3.05, 3.63) is 29.8 Å². The molecule has 0 unspecified atom stereocenters. The van der Waals surface area contributed by atoms with Crippen molar-refractivity contribution in [2.45, 2.75) is 97.2 Å². The smallest absolute Gasteiger partial charge is 0.248 e. The summed E-state index contributed by atoms with van der Waals surface area (Å²) in [4.78, 5) is 23.9. The third-order valence-corrected chi connectivity index (χ3v) is 11.7. The molecule has 204 valence electrons. The quantitative estimate of drug-likeness (QED) is 0.425. The van der Waals surface area contributed by atoms with Gasteiger partial charge in [0.25, 0.3) is 0 Å². The van der Waals surface area contributed by atoms with E-state index in [1.54, 1.807) is 24.3 Å². The number of primary amides is 1. The van der Waals surface area contributed by atoms with Crippen molar-refractivity contribution < 1.29 is 19.8 Å². The monoisotopic (exact) mass is 510 g/mol. The Morgan fingerprint density at radius 2 is 1.68 bits per heavy atom. The molecule has 0 aliphatic heterocycles. The van der Waals surface area contributed by atoms with Crippen molar-refractivity contribution in [3.8, 4) is 0 Å². The van der Waals surface area contributed by atoms with E-state index in [1.807, 2.05) is 0 Å². The molecule has 4 saturated carbocycles. The van der Waals surface area contributed by atoms with Crippen LogP contribution in [-0.2, 0) is 4.79 Å². The number of nitrogens with two attached hydrogens (primary N) is 1. The standard InChI is InChI=1S/C31H46N2O4/c1-18(4-11-27(36)33-21-7-5-19(6-8-21)29(32)37)23-9-10-24-28-25(13-15-31(23,24)3)30(2)14-12-22(34)16-20(30)17-26(28)35/h5-8,18,20,22-26,28,34-35H,4,9-17H2,1-3H3,(H2,32,37)(H,33,36)/t18-,20-,22-,23+,24-,25-,26+,28+,30+,31-/m1/s1. The molecule has 0 spiro atoms. The molecule has 1 aromatic rings. The van der Waals surface area contributed by atoms with Crippen LogP contribution in [0.5, 0.6) is 0 Å². The van der Waals surface area contributed by atoms with Gasteiger partial charge in [-0.05, 0) is 128 Å². The van der Waals surface area contributed by atoms with Gasteiger partial charge in [-0.2, -0.15) is 0 Å². The highest BCUT2D eigenvalue weighted by Crippen LogP contribution is 2.68. The lowest BCUT2D eigenvalue weighted by Gasteiger charge is -2.62. The number of fused-ring (bicyclic) bond motifs is 5.